The number of H-pyrrole nitrogens is 1. The number of fused-ring (bicyclic) bond motifs is 1. The maximum absolute atomic E-state index is 12.4. The molecule has 0 spiro atoms. The van der Waals surface area contributed by atoms with Crippen molar-refractivity contribution in [3.8, 4) is 0 Å². The van der Waals surface area contributed by atoms with Crippen molar-refractivity contribution < 1.29 is 9.72 Å². The highest BCUT2D eigenvalue weighted by Gasteiger charge is 2.23. The molecule has 0 saturated carbocycles. The lowest BCUT2D eigenvalue weighted by molar-refractivity contribution is -0.383. The maximum Gasteiger partial charge on any atom is 0.292 e. The summed E-state index contributed by atoms with van der Waals surface area (Å²) in [5.41, 5.74) is 1.76. The molecule has 2 aliphatic rings. The highest BCUT2D eigenvalue weighted by molar-refractivity contribution is 5.94. The summed E-state index contributed by atoms with van der Waals surface area (Å²) in [5, 5.41) is 17.1. The van der Waals surface area contributed by atoms with Crippen LogP contribution in [0.5, 0.6) is 0 Å². The number of carbonyl (C=O) groups is 1. The van der Waals surface area contributed by atoms with Gasteiger partial charge in [0.15, 0.2) is 0 Å². The van der Waals surface area contributed by atoms with Crippen LogP contribution in [0, 0.1) is 10.1 Å². The summed E-state index contributed by atoms with van der Waals surface area (Å²) in [6.45, 7) is 1.58. The Balaban J connectivity index is 1.28. The van der Waals surface area contributed by atoms with Gasteiger partial charge in [-0.2, -0.15) is 0 Å². The normalized spacial score (nSPS) is 17.0. The second-order valence-corrected chi connectivity index (χ2v) is 8.06. The predicted octanol–water partition coefficient (Wildman–Crippen LogP) is 2.07. The van der Waals surface area contributed by atoms with Crippen LogP contribution in [0.1, 0.15) is 36.9 Å². The van der Waals surface area contributed by atoms with E-state index in [4.69, 9.17) is 0 Å². The van der Waals surface area contributed by atoms with Gasteiger partial charge in [0, 0.05) is 30.8 Å². The number of piperidine rings is 1. The molecule has 1 aromatic carbocycles. The van der Waals surface area contributed by atoms with E-state index in [1.54, 1.807) is 12.1 Å². The topological polar surface area (TPSA) is 133 Å². The maximum atomic E-state index is 12.4. The minimum Gasteiger partial charge on any atom is -0.353 e. The first-order valence-corrected chi connectivity index (χ1v) is 10.6. The molecule has 1 aliphatic carbocycles. The summed E-state index contributed by atoms with van der Waals surface area (Å²) in [7, 11) is 0. The van der Waals surface area contributed by atoms with E-state index < -0.39 is 4.92 Å². The standard InChI is InChI=1S/C21H26N6O4/c28-19(23-17-7-3-4-8-18(17)27(30)31)13-26-11-9-14(10-12-26)22-21-24-16-6-2-1-5-15(16)20(29)25-21/h3-4,7-8,14H,1-2,5-6,9-13H2,(H,23,28)(H2,22,24,25,29). The quantitative estimate of drug-likeness (QED) is 0.476. The number of para-hydroxylation sites is 2. The number of amides is 1. The molecule has 10 nitrogen and oxygen atoms in total. The smallest absolute Gasteiger partial charge is 0.292 e. The van der Waals surface area contributed by atoms with E-state index in [-0.39, 0.29) is 35.4 Å². The van der Waals surface area contributed by atoms with Gasteiger partial charge < -0.3 is 10.6 Å². The summed E-state index contributed by atoms with van der Waals surface area (Å²) in [6.07, 6.45) is 5.36. The van der Waals surface area contributed by atoms with Crippen molar-refractivity contribution >= 4 is 23.2 Å². The number of nitrogens with zero attached hydrogens (tertiary/aromatic N) is 3. The van der Waals surface area contributed by atoms with Crippen molar-refractivity contribution in [2.45, 2.75) is 44.6 Å². The summed E-state index contributed by atoms with van der Waals surface area (Å²) in [4.78, 5) is 44.7. The Bertz CT molecular complexity index is 1030. The minimum absolute atomic E-state index is 0.0451. The van der Waals surface area contributed by atoms with E-state index in [0.717, 1.165) is 49.8 Å². The third kappa shape index (κ3) is 5.08. The number of aromatic nitrogens is 2. The van der Waals surface area contributed by atoms with Crippen molar-refractivity contribution in [1.82, 2.24) is 14.9 Å². The van der Waals surface area contributed by atoms with Crippen LogP contribution < -0.4 is 16.2 Å². The molecule has 2 aromatic rings. The lowest BCUT2D eigenvalue weighted by Crippen LogP contribution is -2.43. The lowest BCUT2D eigenvalue weighted by atomic mass is 9.97. The lowest BCUT2D eigenvalue weighted by Gasteiger charge is -2.32. The summed E-state index contributed by atoms with van der Waals surface area (Å²) in [5.74, 6) is 0.250. The van der Waals surface area contributed by atoms with Crippen LogP contribution in [0.2, 0.25) is 0 Å². The van der Waals surface area contributed by atoms with Gasteiger partial charge in [0.2, 0.25) is 11.9 Å². The Labute approximate surface area is 179 Å². The molecule has 0 atom stereocenters. The van der Waals surface area contributed by atoms with Gasteiger partial charge >= 0.3 is 0 Å². The number of nitro benzene ring substituents is 1. The van der Waals surface area contributed by atoms with Gasteiger partial charge in [-0.25, -0.2) is 4.98 Å². The fourth-order valence-corrected chi connectivity index (χ4v) is 4.23. The summed E-state index contributed by atoms with van der Waals surface area (Å²) >= 11 is 0. The highest BCUT2D eigenvalue weighted by atomic mass is 16.6. The Morgan fingerprint density at radius 1 is 1.23 bits per heavy atom. The molecular formula is C21H26N6O4. The molecule has 4 rings (SSSR count). The molecule has 0 unspecified atom stereocenters. The number of carbonyl (C=O) groups excluding carboxylic acids is 1. The molecule has 31 heavy (non-hydrogen) atoms. The summed E-state index contributed by atoms with van der Waals surface area (Å²) in [6, 6.07) is 6.28. The average molecular weight is 426 g/mol. The molecule has 1 fully saturated rings. The van der Waals surface area contributed by atoms with E-state index in [1.165, 1.54) is 12.1 Å². The van der Waals surface area contributed by atoms with Gasteiger partial charge in [0.25, 0.3) is 11.2 Å². The summed E-state index contributed by atoms with van der Waals surface area (Å²) < 4.78 is 0. The first-order valence-electron chi connectivity index (χ1n) is 10.6. The van der Waals surface area contributed by atoms with Gasteiger partial charge in [0.1, 0.15) is 5.69 Å². The molecule has 0 radical (unpaired) electrons. The Morgan fingerprint density at radius 2 is 1.97 bits per heavy atom. The number of benzene rings is 1. The number of rotatable bonds is 6. The van der Waals surface area contributed by atoms with E-state index in [9.17, 15) is 19.7 Å². The zero-order valence-corrected chi connectivity index (χ0v) is 17.2. The zero-order valence-electron chi connectivity index (χ0n) is 17.2. The van der Waals surface area contributed by atoms with E-state index in [0.29, 0.717) is 19.0 Å². The molecule has 10 heteroatoms. The van der Waals surface area contributed by atoms with Crippen LogP contribution in [-0.2, 0) is 17.6 Å². The van der Waals surface area contributed by atoms with Crippen molar-refractivity contribution in [1.29, 1.82) is 0 Å². The number of nitrogens with one attached hydrogen (secondary N) is 3. The fraction of sp³-hybridized carbons (Fsp3) is 0.476. The fourth-order valence-electron chi connectivity index (χ4n) is 4.23. The van der Waals surface area contributed by atoms with Crippen LogP contribution in [0.4, 0.5) is 17.3 Å². The second kappa shape index (κ2) is 9.25. The first-order chi connectivity index (χ1) is 15.0. The van der Waals surface area contributed by atoms with Crippen LogP contribution >= 0.6 is 0 Å². The number of hydrogen-bond acceptors (Lipinski definition) is 7. The third-order valence-electron chi connectivity index (χ3n) is 5.86. The molecule has 1 aromatic heterocycles. The molecule has 164 valence electrons. The molecule has 0 bridgehead atoms. The van der Waals surface area contributed by atoms with Crippen molar-refractivity contribution in [2.75, 3.05) is 30.3 Å². The van der Waals surface area contributed by atoms with Crippen molar-refractivity contribution in [3.63, 3.8) is 0 Å². The second-order valence-electron chi connectivity index (χ2n) is 8.06. The van der Waals surface area contributed by atoms with Gasteiger partial charge in [-0.3, -0.25) is 29.6 Å². The zero-order chi connectivity index (χ0) is 21.8. The van der Waals surface area contributed by atoms with Gasteiger partial charge in [0.05, 0.1) is 17.2 Å². The molecule has 1 saturated heterocycles. The van der Waals surface area contributed by atoms with Gasteiger partial charge in [-0.15, -0.1) is 0 Å². The van der Waals surface area contributed by atoms with Gasteiger partial charge in [-0.05, 0) is 44.6 Å². The molecule has 1 aliphatic heterocycles. The number of anilines is 2. The third-order valence-corrected chi connectivity index (χ3v) is 5.86. The van der Waals surface area contributed by atoms with Crippen LogP contribution in [-0.4, -0.2) is 51.4 Å². The Hall–Kier alpha value is -3.27. The number of likely N-dealkylation sites (tertiary alicyclic amines) is 1. The molecular weight excluding hydrogens is 400 g/mol. The number of hydrogen-bond donors (Lipinski definition) is 3. The molecule has 1 amide bonds. The predicted molar refractivity (Wildman–Crippen MR) is 116 cm³/mol. The first kappa shape index (κ1) is 21.0. The average Bonchev–Trinajstić information content (AvgIpc) is 2.75. The minimum atomic E-state index is -0.508. The van der Waals surface area contributed by atoms with Crippen LogP contribution in [0.3, 0.4) is 0 Å². The van der Waals surface area contributed by atoms with Gasteiger partial charge in [-0.1, -0.05) is 12.1 Å². The van der Waals surface area contributed by atoms with E-state index >= 15 is 0 Å². The van der Waals surface area contributed by atoms with Crippen molar-refractivity contribution in [2.24, 2.45) is 0 Å². The van der Waals surface area contributed by atoms with Crippen LogP contribution in [0.15, 0.2) is 29.1 Å². The number of aromatic amines is 1. The monoisotopic (exact) mass is 426 g/mol. The molecule has 2 heterocycles. The Morgan fingerprint density at radius 3 is 2.74 bits per heavy atom. The van der Waals surface area contributed by atoms with Crippen LogP contribution in [0.25, 0.3) is 0 Å². The highest BCUT2D eigenvalue weighted by Crippen LogP contribution is 2.23. The largest absolute Gasteiger partial charge is 0.353 e. The number of aryl methyl sites for hydroxylation is 1. The van der Waals surface area contributed by atoms with E-state index in [1.807, 2.05) is 4.90 Å². The Kier molecular flexibility index (Phi) is 6.26. The number of nitro groups is 1. The molecule has 3 N–H and O–H groups in total. The SMILES string of the molecule is O=C(CN1CCC(Nc2nc3c(c(=O)[nH]2)CCCC3)CC1)Nc1ccccc1[N+](=O)[O-]. The van der Waals surface area contributed by atoms with E-state index in [2.05, 4.69) is 20.6 Å². The van der Waals surface area contributed by atoms with Crippen molar-refractivity contribution in [3.05, 3.63) is 56.0 Å².